The standard InChI is InChI=1S/C8H8N2O.C2H6/c1-5-4-9-8-7-6(11-7)2-3-10(5)8;1-2/h2-4,6-7H,1H3;1-2H3. The fraction of sp³-hybridized carbons (Fsp3) is 0.500. The van der Waals surface area contributed by atoms with Crippen LogP contribution in [0.3, 0.4) is 0 Å². The van der Waals surface area contributed by atoms with Gasteiger partial charge in [-0.3, -0.25) is 0 Å². The van der Waals surface area contributed by atoms with Gasteiger partial charge in [-0.05, 0) is 13.0 Å². The summed E-state index contributed by atoms with van der Waals surface area (Å²) in [6, 6.07) is 0. The van der Waals surface area contributed by atoms with Crippen molar-refractivity contribution >= 4 is 6.20 Å². The largest absolute Gasteiger partial charge is 0.357 e. The van der Waals surface area contributed by atoms with E-state index in [-0.39, 0.29) is 6.10 Å². The first-order valence-corrected chi connectivity index (χ1v) is 4.74. The zero-order chi connectivity index (χ0) is 9.42. The van der Waals surface area contributed by atoms with Gasteiger partial charge in [-0.2, -0.15) is 0 Å². The number of aromatic nitrogens is 2. The number of imidazole rings is 1. The van der Waals surface area contributed by atoms with E-state index >= 15 is 0 Å². The van der Waals surface area contributed by atoms with Crippen LogP contribution in [-0.4, -0.2) is 15.7 Å². The van der Waals surface area contributed by atoms with Crippen molar-refractivity contribution in [2.24, 2.45) is 0 Å². The molecule has 0 N–H and O–H groups in total. The molecule has 70 valence electrons. The normalized spacial score (nSPS) is 27.0. The molecule has 1 aromatic heterocycles. The molecular formula is C10H14N2O. The summed E-state index contributed by atoms with van der Waals surface area (Å²) < 4.78 is 7.43. The number of nitrogens with zero attached hydrogens (tertiary/aromatic N) is 2. The van der Waals surface area contributed by atoms with Crippen molar-refractivity contribution in [1.29, 1.82) is 0 Å². The molecule has 0 bridgehead atoms. The molecule has 2 aliphatic heterocycles. The molecule has 3 nitrogen and oxygen atoms in total. The van der Waals surface area contributed by atoms with E-state index in [0.29, 0.717) is 6.10 Å². The zero-order valence-electron chi connectivity index (χ0n) is 8.19. The molecule has 3 heterocycles. The van der Waals surface area contributed by atoms with Crippen molar-refractivity contribution in [2.45, 2.75) is 33.0 Å². The summed E-state index contributed by atoms with van der Waals surface area (Å²) in [7, 11) is 0. The molecule has 2 unspecified atom stereocenters. The van der Waals surface area contributed by atoms with E-state index in [0.717, 1.165) is 5.82 Å². The Balaban J connectivity index is 0.000000308. The molecule has 0 saturated carbocycles. The number of hydrogen-bond donors (Lipinski definition) is 0. The highest BCUT2D eigenvalue weighted by Gasteiger charge is 2.43. The Morgan fingerprint density at radius 3 is 3.00 bits per heavy atom. The quantitative estimate of drug-likeness (QED) is 0.570. The summed E-state index contributed by atoms with van der Waals surface area (Å²) in [6.45, 7) is 6.05. The van der Waals surface area contributed by atoms with Gasteiger partial charge in [0.1, 0.15) is 18.0 Å². The summed E-state index contributed by atoms with van der Waals surface area (Å²) in [5.74, 6) is 1.05. The highest BCUT2D eigenvalue weighted by atomic mass is 16.6. The van der Waals surface area contributed by atoms with E-state index < -0.39 is 0 Å². The third kappa shape index (κ3) is 1.20. The number of hydrogen-bond acceptors (Lipinski definition) is 2. The van der Waals surface area contributed by atoms with Gasteiger partial charge >= 0.3 is 0 Å². The predicted molar refractivity (Wildman–Crippen MR) is 51.3 cm³/mol. The Bertz CT molecular complexity index is 341. The molecule has 0 aromatic carbocycles. The molecule has 0 amide bonds. The van der Waals surface area contributed by atoms with E-state index in [4.69, 9.17) is 4.74 Å². The Kier molecular flexibility index (Phi) is 1.96. The Hall–Kier alpha value is -1.09. The number of rotatable bonds is 0. The van der Waals surface area contributed by atoms with E-state index in [9.17, 15) is 0 Å². The Morgan fingerprint density at radius 2 is 2.23 bits per heavy atom. The average Bonchev–Trinajstić information content (AvgIpc) is 2.89. The molecule has 2 atom stereocenters. The zero-order valence-corrected chi connectivity index (χ0v) is 8.19. The number of fused-ring (bicyclic) bond motifs is 3. The molecule has 0 radical (unpaired) electrons. The minimum Gasteiger partial charge on any atom is -0.357 e. The van der Waals surface area contributed by atoms with Crippen LogP contribution in [0.25, 0.3) is 6.20 Å². The molecule has 0 aliphatic carbocycles. The first-order chi connectivity index (χ1) is 6.36. The van der Waals surface area contributed by atoms with Crippen LogP contribution in [0.4, 0.5) is 0 Å². The van der Waals surface area contributed by atoms with Crippen LogP contribution in [0.1, 0.15) is 31.5 Å². The fourth-order valence-corrected chi connectivity index (χ4v) is 1.52. The average molecular weight is 178 g/mol. The Morgan fingerprint density at radius 1 is 1.46 bits per heavy atom. The molecule has 1 saturated heterocycles. The maximum Gasteiger partial charge on any atom is 0.146 e. The van der Waals surface area contributed by atoms with Gasteiger partial charge in [0.15, 0.2) is 0 Å². The molecule has 3 rings (SSSR count). The van der Waals surface area contributed by atoms with Gasteiger partial charge in [0.2, 0.25) is 0 Å². The first-order valence-electron chi connectivity index (χ1n) is 4.74. The fourth-order valence-electron chi connectivity index (χ4n) is 1.52. The third-order valence-corrected chi connectivity index (χ3v) is 2.22. The van der Waals surface area contributed by atoms with Crippen molar-refractivity contribution in [2.75, 3.05) is 0 Å². The van der Waals surface area contributed by atoms with Crippen LogP contribution >= 0.6 is 0 Å². The van der Waals surface area contributed by atoms with Gasteiger partial charge < -0.3 is 9.30 Å². The van der Waals surface area contributed by atoms with Crippen molar-refractivity contribution in [3.8, 4) is 0 Å². The minimum atomic E-state index is 0.244. The molecule has 0 spiro atoms. The summed E-state index contributed by atoms with van der Waals surface area (Å²) in [4.78, 5) is 4.27. The summed E-state index contributed by atoms with van der Waals surface area (Å²) in [6.07, 6.45) is 6.54. The van der Waals surface area contributed by atoms with Crippen molar-refractivity contribution in [3.63, 3.8) is 0 Å². The molecule has 3 heteroatoms. The van der Waals surface area contributed by atoms with E-state index in [1.807, 2.05) is 33.2 Å². The highest BCUT2D eigenvalue weighted by molar-refractivity contribution is 5.38. The SMILES string of the molecule is CC.Cc1cnc2n1C=CC1OC21. The maximum atomic E-state index is 5.35. The van der Waals surface area contributed by atoms with Gasteiger partial charge in [-0.15, -0.1) is 0 Å². The van der Waals surface area contributed by atoms with Crippen molar-refractivity contribution < 1.29 is 4.74 Å². The van der Waals surface area contributed by atoms with Crippen LogP contribution in [0, 0.1) is 6.92 Å². The second-order valence-electron chi connectivity index (χ2n) is 2.99. The second kappa shape index (κ2) is 3.00. The summed E-state index contributed by atoms with van der Waals surface area (Å²) >= 11 is 0. The number of epoxide rings is 1. The van der Waals surface area contributed by atoms with Crippen LogP contribution < -0.4 is 0 Å². The maximum absolute atomic E-state index is 5.35. The van der Waals surface area contributed by atoms with E-state index in [2.05, 4.69) is 15.6 Å². The van der Waals surface area contributed by atoms with Gasteiger partial charge in [-0.1, -0.05) is 13.8 Å². The second-order valence-corrected chi connectivity index (χ2v) is 2.99. The smallest absolute Gasteiger partial charge is 0.146 e. The Labute approximate surface area is 78.0 Å². The first kappa shape index (κ1) is 8.51. The van der Waals surface area contributed by atoms with Gasteiger partial charge in [0, 0.05) is 18.1 Å². The summed E-state index contributed by atoms with van der Waals surface area (Å²) in [5.41, 5.74) is 1.17. The van der Waals surface area contributed by atoms with Crippen LogP contribution in [0.5, 0.6) is 0 Å². The highest BCUT2D eigenvalue weighted by Crippen LogP contribution is 2.41. The molecule has 1 aromatic rings. The number of ether oxygens (including phenoxy) is 1. The van der Waals surface area contributed by atoms with Crippen molar-refractivity contribution in [1.82, 2.24) is 9.55 Å². The van der Waals surface area contributed by atoms with E-state index in [1.165, 1.54) is 5.69 Å². The molecule has 2 aliphatic rings. The number of aryl methyl sites for hydroxylation is 1. The summed E-state index contributed by atoms with van der Waals surface area (Å²) in [5, 5.41) is 0. The minimum absolute atomic E-state index is 0.244. The van der Waals surface area contributed by atoms with Crippen molar-refractivity contribution in [3.05, 3.63) is 23.8 Å². The van der Waals surface area contributed by atoms with Crippen LogP contribution in [-0.2, 0) is 4.74 Å². The lowest BCUT2D eigenvalue weighted by Gasteiger charge is -2.03. The lowest BCUT2D eigenvalue weighted by atomic mass is 10.2. The molecular weight excluding hydrogens is 164 g/mol. The lowest BCUT2D eigenvalue weighted by Crippen LogP contribution is -2.02. The van der Waals surface area contributed by atoms with Gasteiger partial charge in [-0.25, -0.2) is 4.98 Å². The van der Waals surface area contributed by atoms with Gasteiger partial charge in [0.05, 0.1) is 0 Å². The monoisotopic (exact) mass is 178 g/mol. The topological polar surface area (TPSA) is 30.4 Å². The third-order valence-electron chi connectivity index (χ3n) is 2.22. The van der Waals surface area contributed by atoms with Gasteiger partial charge in [0.25, 0.3) is 0 Å². The van der Waals surface area contributed by atoms with E-state index in [1.54, 1.807) is 0 Å². The molecule has 1 fully saturated rings. The van der Waals surface area contributed by atoms with Crippen LogP contribution in [0.2, 0.25) is 0 Å². The molecule has 13 heavy (non-hydrogen) atoms. The predicted octanol–water partition coefficient (Wildman–Crippen LogP) is 2.14. The van der Waals surface area contributed by atoms with Crippen LogP contribution in [0.15, 0.2) is 12.3 Å². The lowest BCUT2D eigenvalue weighted by molar-refractivity contribution is 0.389.